The minimum Gasteiger partial charge on any atom is -0.332 e. The lowest BCUT2D eigenvalue weighted by Crippen LogP contribution is -2.66. The van der Waals surface area contributed by atoms with Crippen molar-refractivity contribution in [1.82, 2.24) is 14.3 Å². The second kappa shape index (κ2) is 3.54. The first-order chi connectivity index (χ1) is 7.35. The van der Waals surface area contributed by atoms with Crippen LogP contribution in [0.15, 0.2) is 11.2 Å². The molecule has 7 heteroatoms. The van der Waals surface area contributed by atoms with Gasteiger partial charge in [0.1, 0.15) is 5.82 Å². The quantitative estimate of drug-likeness (QED) is 0.763. The van der Waals surface area contributed by atoms with Gasteiger partial charge in [-0.1, -0.05) is 6.92 Å². The fourth-order valence-corrected chi connectivity index (χ4v) is 3.36. The third-order valence-electron chi connectivity index (χ3n) is 2.63. The molecule has 0 aliphatic carbocycles. The third-order valence-corrected chi connectivity index (χ3v) is 4.33. The Morgan fingerprint density at radius 2 is 2.25 bits per heavy atom. The topological polar surface area (TPSA) is 92.1 Å². The Morgan fingerprint density at radius 1 is 1.62 bits per heavy atom. The van der Waals surface area contributed by atoms with E-state index in [1.807, 2.05) is 13.8 Å². The van der Waals surface area contributed by atoms with Gasteiger partial charge in [-0.3, -0.25) is 0 Å². The molecule has 1 aromatic heterocycles. The van der Waals surface area contributed by atoms with Crippen LogP contribution in [0.4, 0.5) is 0 Å². The van der Waals surface area contributed by atoms with E-state index < -0.39 is 15.6 Å². The predicted molar refractivity (Wildman–Crippen MR) is 59.3 cm³/mol. The van der Waals surface area contributed by atoms with Gasteiger partial charge in [-0.25, -0.2) is 13.4 Å². The highest BCUT2D eigenvalue weighted by Gasteiger charge is 2.43. The van der Waals surface area contributed by atoms with Gasteiger partial charge in [0.25, 0.3) is 10.0 Å². The van der Waals surface area contributed by atoms with E-state index in [1.54, 1.807) is 0 Å². The highest BCUT2D eigenvalue weighted by molar-refractivity contribution is 7.89. The lowest BCUT2D eigenvalue weighted by atomic mass is 9.97. The summed E-state index contributed by atoms with van der Waals surface area (Å²) in [6.07, 6.45) is 2.05. The van der Waals surface area contributed by atoms with Crippen LogP contribution in [0.2, 0.25) is 0 Å². The van der Waals surface area contributed by atoms with Crippen molar-refractivity contribution < 1.29 is 8.42 Å². The molecule has 16 heavy (non-hydrogen) atoms. The second-order valence-electron chi connectivity index (χ2n) is 4.47. The predicted octanol–water partition coefficient (Wildman–Crippen LogP) is -0.306. The molecule has 0 spiro atoms. The average Bonchev–Trinajstić information content (AvgIpc) is 2.62. The minimum atomic E-state index is -3.43. The van der Waals surface area contributed by atoms with E-state index in [-0.39, 0.29) is 5.03 Å². The molecule has 1 aliphatic heterocycles. The van der Waals surface area contributed by atoms with E-state index in [4.69, 9.17) is 5.73 Å². The Bertz CT molecular complexity index is 483. The second-order valence-corrected chi connectivity index (χ2v) is 6.38. The smallest absolute Gasteiger partial charge is 0.260 e. The van der Waals surface area contributed by atoms with Crippen molar-refractivity contribution in [2.24, 2.45) is 5.73 Å². The number of rotatable bonds is 3. The Kier molecular flexibility index (Phi) is 2.56. The maximum absolute atomic E-state index is 12.0. The fourth-order valence-electron chi connectivity index (χ4n) is 1.72. The molecule has 3 N–H and O–H groups in total. The summed E-state index contributed by atoms with van der Waals surface area (Å²) in [4.78, 5) is 6.78. The zero-order chi connectivity index (χ0) is 12.0. The number of aryl methyl sites for hydroxylation is 1. The van der Waals surface area contributed by atoms with Gasteiger partial charge in [0.15, 0.2) is 5.03 Å². The highest BCUT2D eigenvalue weighted by Crippen LogP contribution is 2.25. The highest BCUT2D eigenvalue weighted by atomic mass is 32.2. The lowest BCUT2D eigenvalue weighted by Gasteiger charge is -2.43. The van der Waals surface area contributed by atoms with E-state index in [2.05, 4.69) is 9.97 Å². The number of H-pyrrole nitrogens is 1. The molecule has 0 saturated carbocycles. The molecule has 0 unspecified atom stereocenters. The van der Waals surface area contributed by atoms with Crippen LogP contribution in [0.5, 0.6) is 0 Å². The molecule has 6 nitrogen and oxygen atoms in total. The molecule has 2 rings (SSSR count). The van der Waals surface area contributed by atoms with Gasteiger partial charge in [-0.15, -0.1) is 0 Å². The van der Waals surface area contributed by atoms with Crippen LogP contribution in [-0.2, 0) is 16.4 Å². The van der Waals surface area contributed by atoms with Crippen LogP contribution < -0.4 is 5.73 Å². The van der Waals surface area contributed by atoms with Crippen LogP contribution in [0, 0.1) is 0 Å². The number of nitrogens with zero attached hydrogens (tertiary/aromatic N) is 2. The normalized spacial score (nSPS) is 20.7. The molecule has 0 amide bonds. The summed E-state index contributed by atoms with van der Waals surface area (Å²) < 4.78 is 25.4. The van der Waals surface area contributed by atoms with Crippen molar-refractivity contribution in [3.63, 3.8) is 0 Å². The molecule has 0 atom stereocenters. The van der Waals surface area contributed by atoms with Gasteiger partial charge >= 0.3 is 0 Å². The Labute approximate surface area is 94.9 Å². The summed E-state index contributed by atoms with van der Waals surface area (Å²) in [6, 6.07) is 0. The molecule has 0 radical (unpaired) electrons. The van der Waals surface area contributed by atoms with Crippen LogP contribution in [0.25, 0.3) is 0 Å². The van der Waals surface area contributed by atoms with Crippen LogP contribution in [-0.4, -0.2) is 41.3 Å². The SMILES string of the molecule is CCc1ncc(S(=O)(=O)N2CC(C)(N)C2)[nH]1. The van der Waals surface area contributed by atoms with Crippen molar-refractivity contribution in [2.45, 2.75) is 30.8 Å². The van der Waals surface area contributed by atoms with E-state index in [0.717, 1.165) is 0 Å². The lowest BCUT2D eigenvalue weighted by molar-refractivity contribution is 0.176. The summed E-state index contributed by atoms with van der Waals surface area (Å²) >= 11 is 0. The largest absolute Gasteiger partial charge is 0.332 e. The zero-order valence-corrected chi connectivity index (χ0v) is 10.2. The first-order valence-electron chi connectivity index (χ1n) is 5.18. The zero-order valence-electron chi connectivity index (χ0n) is 9.40. The van der Waals surface area contributed by atoms with Gasteiger partial charge in [0, 0.05) is 25.0 Å². The number of hydrogen-bond donors (Lipinski definition) is 2. The number of aromatic nitrogens is 2. The van der Waals surface area contributed by atoms with Crippen LogP contribution in [0.3, 0.4) is 0 Å². The number of hydrogen-bond acceptors (Lipinski definition) is 4. The number of nitrogens with one attached hydrogen (secondary N) is 1. The monoisotopic (exact) mass is 244 g/mol. The summed E-state index contributed by atoms with van der Waals surface area (Å²) in [7, 11) is -3.43. The molecule has 1 fully saturated rings. The summed E-state index contributed by atoms with van der Waals surface area (Å²) in [5.74, 6) is 0.676. The Hall–Kier alpha value is -0.920. The molecule has 2 heterocycles. The minimum absolute atomic E-state index is 0.153. The van der Waals surface area contributed by atoms with E-state index in [1.165, 1.54) is 10.5 Å². The number of nitrogens with two attached hydrogens (primary N) is 1. The fraction of sp³-hybridized carbons (Fsp3) is 0.667. The summed E-state index contributed by atoms with van der Waals surface area (Å²) in [6.45, 7) is 4.46. The van der Waals surface area contributed by atoms with Crippen molar-refractivity contribution in [2.75, 3.05) is 13.1 Å². The summed E-state index contributed by atoms with van der Waals surface area (Å²) in [5.41, 5.74) is 5.38. The molecule has 0 aromatic carbocycles. The van der Waals surface area contributed by atoms with Crippen molar-refractivity contribution >= 4 is 10.0 Å². The maximum atomic E-state index is 12.0. The van der Waals surface area contributed by atoms with Crippen molar-refractivity contribution in [3.8, 4) is 0 Å². The molecule has 90 valence electrons. The first-order valence-corrected chi connectivity index (χ1v) is 6.62. The van der Waals surface area contributed by atoms with E-state index in [9.17, 15) is 8.42 Å². The van der Waals surface area contributed by atoms with Crippen LogP contribution >= 0.6 is 0 Å². The van der Waals surface area contributed by atoms with Gasteiger partial charge in [0.2, 0.25) is 0 Å². The molecular weight excluding hydrogens is 228 g/mol. The molecule has 1 aliphatic rings. The third kappa shape index (κ3) is 1.85. The van der Waals surface area contributed by atoms with E-state index in [0.29, 0.717) is 25.3 Å². The Balaban J connectivity index is 2.20. The standard InChI is InChI=1S/C9H16N4O2S/c1-3-7-11-4-8(12-7)16(14,15)13-5-9(2,10)6-13/h4H,3,5-6,10H2,1-2H3,(H,11,12). The number of sulfonamides is 1. The van der Waals surface area contributed by atoms with Crippen LogP contribution in [0.1, 0.15) is 19.7 Å². The van der Waals surface area contributed by atoms with Gasteiger partial charge in [-0.05, 0) is 6.92 Å². The maximum Gasteiger partial charge on any atom is 0.260 e. The van der Waals surface area contributed by atoms with Gasteiger partial charge in [-0.2, -0.15) is 4.31 Å². The van der Waals surface area contributed by atoms with Gasteiger partial charge in [0.05, 0.1) is 6.20 Å². The number of aromatic amines is 1. The van der Waals surface area contributed by atoms with Gasteiger partial charge < -0.3 is 10.7 Å². The van der Waals surface area contributed by atoms with Crippen molar-refractivity contribution in [3.05, 3.63) is 12.0 Å². The number of imidazole rings is 1. The van der Waals surface area contributed by atoms with E-state index >= 15 is 0 Å². The average molecular weight is 244 g/mol. The summed E-state index contributed by atoms with van der Waals surface area (Å²) in [5, 5.41) is 0.153. The molecule has 0 bridgehead atoms. The first kappa shape index (κ1) is 11.6. The molecular formula is C9H16N4O2S. The Morgan fingerprint density at radius 3 is 2.69 bits per heavy atom. The molecule has 1 aromatic rings. The molecule has 1 saturated heterocycles. The van der Waals surface area contributed by atoms with Crippen molar-refractivity contribution in [1.29, 1.82) is 0 Å².